The number of carbonyl (C=O) groups is 2. The van der Waals surface area contributed by atoms with Gasteiger partial charge in [-0.2, -0.15) is 0 Å². The number of halogens is 1. The number of urea groups is 1. The van der Waals surface area contributed by atoms with Gasteiger partial charge in [-0.25, -0.2) is 4.79 Å². The first-order valence-electron chi connectivity index (χ1n) is 6.51. The summed E-state index contributed by atoms with van der Waals surface area (Å²) in [5.41, 5.74) is 1.50. The van der Waals surface area contributed by atoms with E-state index < -0.39 is 12.0 Å². The number of carboxylic acid groups (broad SMARTS) is 1. The number of hydrogen-bond acceptors (Lipinski definition) is 2. The van der Waals surface area contributed by atoms with Gasteiger partial charge in [-0.05, 0) is 43.4 Å². The first-order valence-corrected chi connectivity index (χ1v) is 6.89. The topological polar surface area (TPSA) is 78.4 Å². The SMILES string of the molecule is Cc1ccc(Cl)c(NC(=O)NC(CC(=O)O)C2CC2)c1. The van der Waals surface area contributed by atoms with Gasteiger partial charge < -0.3 is 15.7 Å². The van der Waals surface area contributed by atoms with Gasteiger partial charge in [0.05, 0.1) is 17.1 Å². The predicted octanol–water partition coefficient (Wildman–Crippen LogP) is 3.02. The van der Waals surface area contributed by atoms with Crippen LogP contribution in [-0.4, -0.2) is 23.1 Å². The van der Waals surface area contributed by atoms with E-state index in [1.165, 1.54) is 0 Å². The smallest absolute Gasteiger partial charge is 0.319 e. The molecule has 108 valence electrons. The first-order chi connectivity index (χ1) is 9.45. The van der Waals surface area contributed by atoms with Gasteiger partial charge in [-0.3, -0.25) is 4.79 Å². The summed E-state index contributed by atoms with van der Waals surface area (Å²) in [6.45, 7) is 1.90. The van der Waals surface area contributed by atoms with Crippen molar-refractivity contribution in [2.24, 2.45) is 5.92 Å². The van der Waals surface area contributed by atoms with Gasteiger partial charge in [0.25, 0.3) is 0 Å². The Morgan fingerprint density at radius 1 is 1.45 bits per heavy atom. The molecular weight excluding hydrogens is 280 g/mol. The average Bonchev–Trinajstić information content (AvgIpc) is 3.16. The summed E-state index contributed by atoms with van der Waals surface area (Å²) >= 11 is 6.00. The van der Waals surface area contributed by atoms with E-state index in [0.717, 1.165) is 18.4 Å². The summed E-state index contributed by atoms with van der Waals surface area (Å²) in [5.74, 6) is -0.638. The van der Waals surface area contributed by atoms with Crippen LogP contribution in [0.5, 0.6) is 0 Å². The molecule has 1 aromatic rings. The zero-order chi connectivity index (χ0) is 14.7. The summed E-state index contributed by atoms with van der Waals surface area (Å²) in [6, 6.07) is 4.59. The van der Waals surface area contributed by atoms with E-state index in [2.05, 4.69) is 10.6 Å². The Kier molecular flexibility index (Phi) is 4.49. The van der Waals surface area contributed by atoms with Crippen LogP contribution < -0.4 is 10.6 Å². The van der Waals surface area contributed by atoms with Crippen molar-refractivity contribution >= 4 is 29.3 Å². The molecule has 2 rings (SSSR count). The van der Waals surface area contributed by atoms with Crippen molar-refractivity contribution < 1.29 is 14.7 Å². The highest BCUT2D eigenvalue weighted by atomic mass is 35.5. The molecule has 1 fully saturated rings. The quantitative estimate of drug-likeness (QED) is 0.781. The van der Waals surface area contributed by atoms with E-state index in [9.17, 15) is 9.59 Å². The minimum atomic E-state index is -0.907. The molecule has 3 N–H and O–H groups in total. The van der Waals surface area contributed by atoms with Crippen molar-refractivity contribution in [1.29, 1.82) is 0 Å². The molecule has 0 radical (unpaired) electrons. The second-order valence-electron chi connectivity index (χ2n) is 5.12. The molecule has 0 heterocycles. The summed E-state index contributed by atoms with van der Waals surface area (Å²) in [4.78, 5) is 22.7. The maximum absolute atomic E-state index is 11.9. The van der Waals surface area contributed by atoms with Gasteiger partial charge in [0, 0.05) is 6.04 Å². The Hall–Kier alpha value is -1.75. The molecule has 20 heavy (non-hydrogen) atoms. The number of benzene rings is 1. The van der Waals surface area contributed by atoms with Crippen LogP contribution in [0.25, 0.3) is 0 Å². The van der Waals surface area contributed by atoms with E-state index in [4.69, 9.17) is 16.7 Å². The van der Waals surface area contributed by atoms with Crippen molar-refractivity contribution in [3.05, 3.63) is 28.8 Å². The third-order valence-electron chi connectivity index (χ3n) is 3.27. The van der Waals surface area contributed by atoms with Crippen molar-refractivity contribution in [3.63, 3.8) is 0 Å². The lowest BCUT2D eigenvalue weighted by Gasteiger charge is -2.17. The molecule has 0 aliphatic heterocycles. The largest absolute Gasteiger partial charge is 0.481 e. The van der Waals surface area contributed by atoms with Gasteiger partial charge in [0.1, 0.15) is 0 Å². The number of hydrogen-bond donors (Lipinski definition) is 3. The Morgan fingerprint density at radius 2 is 2.15 bits per heavy atom. The Balaban J connectivity index is 1.96. The lowest BCUT2D eigenvalue weighted by Crippen LogP contribution is -2.40. The number of nitrogens with one attached hydrogen (secondary N) is 2. The Labute approximate surface area is 122 Å². The average molecular weight is 297 g/mol. The summed E-state index contributed by atoms with van der Waals surface area (Å²) in [7, 11) is 0. The molecule has 5 nitrogen and oxygen atoms in total. The minimum absolute atomic E-state index is 0.0559. The molecule has 0 saturated heterocycles. The monoisotopic (exact) mass is 296 g/mol. The molecule has 0 bridgehead atoms. The fraction of sp³-hybridized carbons (Fsp3) is 0.429. The van der Waals surface area contributed by atoms with E-state index in [-0.39, 0.29) is 18.4 Å². The number of rotatable bonds is 5. The molecule has 6 heteroatoms. The lowest BCUT2D eigenvalue weighted by atomic mass is 10.1. The maximum atomic E-state index is 11.9. The summed E-state index contributed by atoms with van der Waals surface area (Å²) < 4.78 is 0. The summed E-state index contributed by atoms with van der Waals surface area (Å²) in [6.07, 6.45) is 1.87. The highest BCUT2D eigenvalue weighted by molar-refractivity contribution is 6.33. The van der Waals surface area contributed by atoms with E-state index in [1.807, 2.05) is 13.0 Å². The zero-order valence-electron chi connectivity index (χ0n) is 11.1. The van der Waals surface area contributed by atoms with Gasteiger partial charge in [0.2, 0.25) is 0 Å². The lowest BCUT2D eigenvalue weighted by molar-refractivity contribution is -0.137. The van der Waals surface area contributed by atoms with Gasteiger partial charge in [0.15, 0.2) is 0 Å². The number of carboxylic acids is 1. The second kappa shape index (κ2) is 6.13. The number of amides is 2. The standard InChI is InChI=1S/C14H17ClN2O3/c1-8-2-5-10(15)12(6-8)17-14(20)16-11(7-13(18)19)9-3-4-9/h2,5-6,9,11H,3-4,7H2,1H3,(H,18,19)(H2,16,17,20). The number of carbonyl (C=O) groups excluding carboxylic acids is 1. The molecule has 1 unspecified atom stereocenters. The molecule has 0 spiro atoms. The molecule has 0 aromatic heterocycles. The van der Waals surface area contributed by atoms with Crippen molar-refractivity contribution in [1.82, 2.24) is 5.32 Å². The van der Waals surface area contributed by atoms with Crippen LogP contribution in [0, 0.1) is 12.8 Å². The first kappa shape index (κ1) is 14.7. The van der Waals surface area contributed by atoms with Crippen LogP contribution in [0.1, 0.15) is 24.8 Å². The molecule has 1 aromatic carbocycles. The number of aryl methyl sites for hydroxylation is 1. The Bertz CT molecular complexity index is 529. The zero-order valence-corrected chi connectivity index (χ0v) is 11.9. The van der Waals surface area contributed by atoms with Crippen LogP contribution in [0.2, 0.25) is 5.02 Å². The van der Waals surface area contributed by atoms with Gasteiger partial charge >= 0.3 is 12.0 Å². The van der Waals surface area contributed by atoms with E-state index in [0.29, 0.717) is 10.7 Å². The minimum Gasteiger partial charge on any atom is -0.481 e. The van der Waals surface area contributed by atoms with Crippen LogP contribution >= 0.6 is 11.6 Å². The number of aliphatic carboxylic acids is 1. The molecule has 1 saturated carbocycles. The van der Waals surface area contributed by atoms with Crippen LogP contribution in [0.15, 0.2) is 18.2 Å². The highest BCUT2D eigenvalue weighted by Crippen LogP contribution is 2.34. The second-order valence-corrected chi connectivity index (χ2v) is 5.53. The van der Waals surface area contributed by atoms with Crippen LogP contribution in [-0.2, 0) is 4.79 Å². The fourth-order valence-corrected chi connectivity index (χ4v) is 2.25. The third kappa shape index (κ3) is 4.13. The maximum Gasteiger partial charge on any atom is 0.319 e. The highest BCUT2D eigenvalue weighted by Gasteiger charge is 2.33. The molecule has 1 aliphatic carbocycles. The molecule has 1 atom stereocenters. The third-order valence-corrected chi connectivity index (χ3v) is 3.60. The van der Waals surface area contributed by atoms with Crippen LogP contribution in [0.4, 0.5) is 10.5 Å². The molecule has 1 aliphatic rings. The van der Waals surface area contributed by atoms with Crippen molar-refractivity contribution in [3.8, 4) is 0 Å². The summed E-state index contributed by atoms with van der Waals surface area (Å²) in [5, 5.41) is 14.7. The molecular formula is C14H17ClN2O3. The normalized spacial score (nSPS) is 15.5. The fourth-order valence-electron chi connectivity index (χ4n) is 2.08. The van der Waals surface area contributed by atoms with Crippen molar-refractivity contribution in [2.45, 2.75) is 32.2 Å². The number of anilines is 1. The van der Waals surface area contributed by atoms with Gasteiger partial charge in [-0.1, -0.05) is 17.7 Å². The van der Waals surface area contributed by atoms with Crippen molar-refractivity contribution in [2.75, 3.05) is 5.32 Å². The molecule has 2 amide bonds. The Morgan fingerprint density at radius 3 is 2.75 bits per heavy atom. The van der Waals surface area contributed by atoms with Gasteiger partial charge in [-0.15, -0.1) is 0 Å². The predicted molar refractivity (Wildman–Crippen MR) is 77.1 cm³/mol. The van der Waals surface area contributed by atoms with E-state index in [1.54, 1.807) is 12.1 Å². The van der Waals surface area contributed by atoms with Crippen LogP contribution in [0.3, 0.4) is 0 Å². The van der Waals surface area contributed by atoms with E-state index >= 15 is 0 Å².